The predicted molar refractivity (Wildman–Crippen MR) is 100.0 cm³/mol. The molecule has 1 aliphatic rings. The number of benzene rings is 2. The van der Waals surface area contributed by atoms with Gasteiger partial charge in [-0.15, -0.1) is 0 Å². The Morgan fingerprint density at radius 1 is 1.17 bits per heavy atom. The van der Waals surface area contributed by atoms with Crippen molar-refractivity contribution in [2.24, 2.45) is 0 Å². The van der Waals surface area contributed by atoms with Crippen LogP contribution < -0.4 is 15.0 Å². The number of halogens is 2. The number of nitrogens with one attached hydrogen (secondary N) is 1. The van der Waals surface area contributed by atoms with Crippen LogP contribution in [-0.4, -0.2) is 37.0 Å². The number of carbonyl (C=O) groups is 3. The topological polar surface area (TPSA) is 84.9 Å². The first-order valence-corrected chi connectivity index (χ1v) is 8.78. The van der Waals surface area contributed by atoms with Crippen molar-refractivity contribution in [3.8, 4) is 5.75 Å². The lowest BCUT2D eigenvalue weighted by Crippen LogP contribution is -2.41. The van der Waals surface area contributed by atoms with Crippen molar-refractivity contribution in [3.05, 3.63) is 54.1 Å². The van der Waals surface area contributed by atoms with Gasteiger partial charge in [0.2, 0.25) is 5.91 Å². The van der Waals surface area contributed by atoms with Gasteiger partial charge in [0.05, 0.1) is 16.9 Å². The first kappa shape index (κ1) is 20.2. The van der Waals surface area contributed by atoms with Gasteiger partial charge in [0.1, 0.15) is 5.75 Å². The van der Waals surface area contributed by atoms with Gasteiger partial charge in [0, 0.05) is 12.5 Å². The Morgan fingerprint density at radius 2 is 1.86 bits per heavy atom. The molecule has 29 heavy (non-hydrogen) atoms. The summed E-state index contributed by atoms with van der Waals surface area (Å²) in [7, 11) is 0. The lowest BCUT2D eigenvalue weighted by molar-refractivity contribution is -0.122. The summed E-state index contributed by atoms with van der Waals surface area (Å²) in [6.07, 6.45) is 0.0972. The van der Waals surface area contributed by atoms with E-state index in [1.807, 2.05) is 0 Å². The van der Waals surface area contributed by atoms with E-state index in [4.69, 9.17) is 4.74 Å². The number of para-hydroxylation sites is 2. The molecule has 9 heteroatoms. The maximum absolute atomic E-state index is 12.7. The second-order valence-corrected chi connectivity index (χ2v) is 6.36. The van der Waals surface area contributed by atoms with E-state index in [2.05, 4.69) is 10.1 Å². The van der Waals surface area contributed by atoms with Crippen LogP contribution in [0.2, 0.25) is 0 Å². The molecule has 0 aromatic heterocycles. The Kier molecular flexibility index (Phi) is 6.06. The van der Waals surface area contributed by atoms with E-state index in [0.29, 0.717) is 11.4 Å². The summed E-state index contributed by atoms with van der Waals surface area (Å²) < 4.78 is 33.6. The molecule has 1 atom stereocenters. The average molecular weight is 404 g/mol. The maximum Gasteiger partial charge on any atom is 0.387 e. The van der Waals surface area contributed by atoms with Crippen molar-refractivity contribution in [3.63, 3.8) is 0 Å². The van der Waals surface area contributed by atoms with Gasteiger partial charge in [-0.05, 0) is 43.3 Å². The van der Waals surface area contributed by atoms with Crippen LogP contribution in [0.3, 0.4) is 0 Å². The fourth-order valence-corrected chi connectivity index (χ4v) is 3.02. The molecule has 2 aromatic carbocycles. The SMILES string of the molecule is C[C@@H]1CC(=O)Nc2ccccc2N1C(=O)COC(=O)c1ccc(OC(F)F)cc1. The molecular formula is C20H18F2N2O5. The number of amides is 2. The molecule has 1 N–H and O–H groups in total. The van der Waals surface area contributed by atoms with Crippen molar-refractivity contribution < 1.29 is 32.6 Å². The molecule has 0 fully saturated rings. The Bertz CT molecular complexity index is 917. The van der Waals surface area contributed by atoms with Crippen LogP contribution in [0.1, 0.15) is 23.7 Å². The van der Waals surface area contributed by atoms with E-state index in [-0.39, 0.29) is 23.6 Å². The van der Waals surface area contributed by atoms with Gasteiger partial charge in [-0.25, -0.2) is 4.79 Å². The van der Waals surface area contributed by atoms with Crippen LogP contribution in [-0.2, 0) is 14.3 Å². The molecular weight excluding hydrogens is 386 g/mol. The van der Waals surface area contributed by atoms with Gasteiger partial charge in [0.15, 0.2) is 6.61 Å². The van der Waals surface area contributed by atoms with Crippen LogP contribution in [0, 0.1) is 0 Å². The highest BCUT2D eigenvalue weighted by Gasteiger charge is 2.30. The second-order valence-electron chi connectivity index (χ2n) is 6.36. The van der Waals surface area contributed by atoms with Crippen LogP contribution in [0.5, 0.6) is 5.75 Å². The van der Waals surface area contributed by atoms with Crippen LogP contribution in [0.15, 0.2) is 48.5 Å². The lowest BCUT2D eigenvalue weighted by atomic mass is 10.1. The monoisotopic (exact) mass is 404 g/mol. The number of fused-ring (bicyclic) bond motifs is 1. The number of hydrogen-bond donors (Lipinski definition) is 1. The fourth-order valence-electron chi connectivity index (χ4n) is 3.02. The van der Waals surface area contributed by atoms with Crippen LogP contribution >= 0.6 is 0 Å². The van der Waals surface area contributed by atoms with Crippen molar-refractivity contribution in [2.75, 3.05) is 16.8 Å². The van der Waals surface area contributed by atoms with E-state index in [0.717, 1.165) is 0 Å². The second kappa shape index (κ2) is 8.68. The minimum atomic E-state index is -2.97. The minimum Gasteiger partial charge on any atom is -0.452 e. The maximum atomic E-state index is 12.7. The summed E-state index contributed by atoms with van der Waals surface area (Å²) in [5.41, 5.74) is 1.09. The minimum absolute atomic E-state index is 0.0839. The summed E-state index contributed by atoms with van der Waals surface area (Å²) in [5, 5.41) is 2.74. The normalized spacial score (nSPS) is 15.9. The molecule has 0 bridgehead atoms. The van der Waals surface area contributed by atoms with Crippen molar-refractivity contribution >= 4 is 29.2 Å². The molecule has 0 unspecified atom stereocenters. The summed E-state index contributed by atoms with van der Waals surface area (Å²) in [6, 6.07) is 11.3. The Hall–Kier alpha value is -3.49. The molecule has 0 saturated carbocycles. The van der Waals surface area contributed by atoms with Crippen molar-refractivity contribution in [2.45, 2.75) is 26.0 Å². The molecule has 2 aromatic rings. The Labute approximate surface area is 165 Å². The number of carbonyl (C=O) groups excluding carboxylic acids is 3. The quantitative estimate of drug-likeness (QED) is 0.774. The molecule has 2 amide bonds. The molecule has 7 nitrogen and oxygen atoms in total. The molecule has 3 rings (SSSR count). The van der Waals surface area contributed by atoms with E-state index in [1.54, 1.807) is 31.2 Å². The summed E-state index contributed by atoms with van der Waals surface area (Å²) >= 11 is 0. The number of nitrogens with zero attached hydrogens (tertiary/aromatic N) is 1. The first-order chi connectivity index (χ1) is 13.8. The lowest BCUT2D eigenvalue weighted by Gasteiger charge is -2.27. The third-order valence-electron chi connectivity index (χ3n) is 4.27. The van der Waals surface area contributed by atoms with E-state index in [1.165, 1.54) is 29.2 Å². The van der Waals surface area contributed by atoms with Gasteiger partial charge in [-0.1, -0.05) is 12.1 Å². The largest absolute Gasteiger partial charge is 0.452 e. The standard InChI is InChI=1S/C20H18F2N2O5/c1-12-10-17(25)23-15-4-2-3-5-16(15)24(12)18(26)11-28-19(27)13-6-8-14(9-7-13)29-20(21)22/h2-9,12,20H,10-11H2,1H3,(H,23,25)/t12-/m1/s1. The molecule has 0 saturated heterocycles. The highest BCUT2D eigenvalue weighted by atomic mass is 19.3. The Morgan fingerprint density at radius 3 is 2.55 bits per heavy atom. The highest BCUT2D eigenvalue weighted by molar-refractivity contribution is 6.05. The number of anilines is 2. The number of hydrogen-bond acceptors (Lipinski definition) is 5. The summed E-state index contributed by atoms with van der Waals surface area (Å²) in [4.78, 5) is 38.3. The molecule has 0 radical (unpaired) electrons. The van der Waals surface area contributed by atoms with Crippen molar-refractivity contribution in [1.29, 1.82) is 0 Å². The number of ether oxygens (including phenoxy) is 2. The van der Waals surface area contributed by atoms with E-state index >= 15 is 0 Å². The van der Waals surface area contributed by atoms with E-state index in [9.17, 15) is 23.2 Å². The number of esters is 1. The first-order valence-electron chi connectivity index (χ1n) is 8.78. The average Bonchev–Trinajstić information content (AvgIpc) is 2.80. The van der Waals surface area contributed by atoms with Crippen LogP contribution in [0.25, 0.3) is 0 Å². The molecule has 0 aliphatic carbocycles. The van der Waals surface area contributed by atoms with Gasteiger partial charge in [-0.2, -0.15) is 8.78 Å². The number of alkyl halides is 2. The molecule has 1 aliphatic heterocycles. The summed E-state index contributed by atoms with van der Waals surface area (Å²) in [6.45, 7) is -1.78. The van der Waals surface area contributed by atoms with Crippen LogP contribution in [0.4, 0.5) is 20.2 Å². The smallest absolute Gasteiger partial charge is 0.387 e. The van der Waals surface area contributed by atoms with Gasteiger partial charge in [0.25, 0.3) is 5.91 Å². The Balaban J connectivity index is 1.68. The predicted octanol–water partition coefficient (Wildman–Crippen LogP) is 3.21. The molecule has 0 spiro atoms. The fraction of sp³-hybridized carbons (Fsp3) is 0.250. The third kappa shape index (κ3) is 4.87. The van der Waals surface area contributed by atoms with Crippen molar-refractivity contribution in [1.82, 2.24) is 0 Å². The third-order valence-corrected chi connectivity index (χ3v) is 4.27. The zero-order valence-electron chi connectivity index (χ0n) is 15.4. The zero-order chi connectivity index (χ0) is 21.0. The highest BCUT2D eigenvalue weighted by Crippen LogP contribution is 2.31. The zero-order valence-corrected chi connectivity index (χ0v) is 15.4. The molecule has 152 valence electrons. The van der Waals surface area contributed by atoms with Gasteiger partial charge in [-0.3, -0.25) is 9.59 Å². The number of rotatable bonds is 5. The van der Waals surface area contributed by atoms with Gasteiger partial charge >= 0.3 is 12.6 Å². The molecule has 1 heterocycles. The summed E-state index contributed by atoms with van der Waals surface area (Å²) in [5.74, 6) is -1.59. The van der Waals surface area contributed by atoms with E-state index < -0.39 is 31.1 Å². The van der Waals surface area contributed by atoms with Gasteiger partial charge < -0.3 is 19.7 Å².